The van der Waals surface area contributed by atoms with Gasteiger partial charge in [0.05, 0.1) is 6.10 Å². The molecule has 0 fully saturated rings. The molecule has 0 aromatic carbocycles. The smallest absolute Gasteiger partial charge is 0.392 e. The maximum atomic E-state index is 12.6. The van der Waals surface area contributed by atoms with Crippen molar-refractivity contribution in [2.75, 3.05) is 6.54 Å². The Morgan fingerprint density at radius 3 is 1.88 bits per heavy atom. The molecule has 0 bridgehead atoms. The lowest BCUT2D eigenvalue weighted by Crippen LogP contribution is -2.59. The van der Waals surface area contributed by atoms with Gasteiger partial charge in [0, 0.05) is 6.54 Å². The third-order valence-corrected chi connectivity index (χ3v) is 1.59. The molecule has 17 heavy (non-hydrogen) atoms. The van der Waals surface area contributed by atoms with Crippen molar-refractivity contribution in [2.45, 2.75) is 31.0 Å². The largest absolute Gasteiger partial charge is 0.460 e. The van der Waals surface area contributed by atoms with Gasteiger partial charge in [-0.2, -0.15) is 30.7 Å². The summed E-state index contributed by atoms with van der Waals surface area (Å²) in [6.45, 7) is 0.142. The molecule has 0 aliphatic carbocycles. The van der Waals surface area contributed by atoms with Crippen molar-refractivity contribution in [1.29, 1.82) is 0 Å². The van der Waals surface area contributed by atoms with E-state index in [1.54, 1.807) is 0 Å². The highest BCUT2D eigenvalue weighted by atomic mass is 19.4. The van der Waals surface area contributed by atoms with Crippen LogP contribution in [0.5, 0.6) is 0 Å². The lowest BCUT2D eigenvalue weighted by Gasteiger charge is -2.27. The van der Waals surface area contributed by atoms with Gasteiger partial charge >= 0.3 is 18.0 Å². The molecule has 3 nitrogen and oxygen atoms in total. The van der Waals surface area contributed by atoms with Crippen molar-refractivity contribution in [1.82, 2.24) is 5.32 Å². The molecule has 102 valence electrons. The van der Waals surface area contributed by atoms with Crippen molar-refractivity contribution in [2.24, 2.45) is 0 Å². The number of hydrogen-bond donors (Lipinski definition) is 2. The van der Waals surface area contributed by atoms with Crippen LogP contribution in [0.2, 0.25) is 0 Å². The van der Waals surface area contributed by atoms with Crippen LogP contribution in [0.25, 0.3) is 0 Å². The molecule has 1 unspecified atom stereocenters. The standard InChI is InChI=1S/C7H8F7NO2/c1-3(16)2-15-4(17)5(8,9)6(10,11)7(12,13)14/h3,16H,2H2,1H3,(H,15,17). The summed E-state index contributed by atoms with van der Waals surface area (Å²) < 4.78 is 84.6. The van der Waals surface area contributed by atoms with Gasteiger partial charge < -0.3 is 10.4 Å². The summed E-state index contributed by atoms with van der Waals surface area (Å²) in [5.41, 5.74) is 0. The van der Waals surface area contributed by atoms with Crippen LogP contribution in [0.4, 0.5) is 30.7 Å². The molecule has 0 radical (unpaired) electrons. The SMILES string of the molecule is CC(O)CNC(=O)C(F)(F)C(F)(F)C(F)(F)F. The molecule has 0 rings (SSSR count). The fraction of sp³-hybridized carbons (Fsp3) is 0.857. The van der Waals surface area contributed by atoms with Gasteiger partial charge in [-0.3, -0.25) is 4.79 Å². The minimum absolute atomic E-state index is 0.873. The van der Waals surface area contributed by atoms with Crippen LogP contribution in [-0.4, -0.2) is 41.7 Å². The maximum absolute atomic E-state index is 12.6. The Labute approximate surface area is 90.6 Å². The Bertz CT molecular complexity index is 286. The fourth-order valence-corrected chi connectivity index (χ4v) is 0.672. The third-order valence-electron chi connectivity index (χ3n) is 1.59. The zero-order valence-electron chi connectivity index (χ0n) is 8.29. The van der Waals surface area contributed by atoms with E-state index in [1.165, 1.54) is 0 Å². The summed E-state index contributed by atoms with van der Waals surface area (Å²) in [6.07, 6.45) is -7.92. The molecule has 0 saturated heterocycles. The second-order valence-corrected chi connectivity index (χ2v) is 3.21. The fourth-order valence-electron chi connectivity index (χ4n) is 0.672. The predicted octanol–water partition coefficient (Wildman–Crippen LogP) is 1.32. The van der Waals surface area contributed by atoms with Gasteiger partial charge in [-0.25, -0.2) is 0 Å². The van der Waals surface area contributed by atoms with Crippen LogP contribution in [0.1, 0.15) is 6.92 Å². The molecule has 0 aromatic heterocycles. The van der Waals surface area contributed by atoms with Crippen molar-refractivity contribution in [3.8, 4) is 0 Å². The Kier molecular flexibility index (Phi) is 4.38. The number of aliphatic hydroxyl groups excluding tert-OH is 1. The van der Waals surface area contributed by atoms with Gasteiger partial charge in [0.15, 0.2) is 0 Å². The van der Waals surface area contributed by atoms with Crippen LogP contribution < -0.4 is 5.32 Å². The van der Waals surface area contributed by atoms with Gasteiger partial charge in [0.1, 0.15) is 0 Å². The summed E-state index contributed by atoms with van der Waals surface area (Å²) in [4.78, 5) is 10.5. The summed E-state index contributed by atoms with van der Waals surface area (Å²) >= 11 is 0. The van der Waals surface area contributed by atoms with Crippen molar-refractivity contribution in [3.05, 3.63) is 0 Å². The average Bonchev–Trinajstić information content (AvgIpc) is 2.11. The Morgan fingerprint density at radius 1 is 1.18 bits per heavy atom. The predicted molar refractivity (Wildman–Crippen MR) is 40.6 cm³/mol. The van der Waals surface area contributed by atoms with Crippen LogP contribution in [0, 0.1) is 0 Å². The van der Waals surface area contributed by atoms with E-state index in [1.807, 2.05) is 0 Å². The molecule has 0 aliphatic rings. The average molecular weight is 271 g/mol. The van der Waals surface area contributed by atoms with Crippen molar-refractivity contribution >= 4 is 5.91 Å². The molecule has 1 amide bonds. The number of aliphatic hydroxyl groups is 1. The van der Waals surface area contributed by atoms with Gasteiger partial charge in [-0.15, -0.1) is 0 Å². The van der Waals surface area contributed by atoms with Gasteiger partial charge in [0.25, 0.3) is 5.91 Å². The van der Waals surface area contributed by atoms with E-state index in [0.29, 0.717) is 0 Å². The van der Waals surface area contributed by atoms with Crippen LogP contribution >= 0.6 is 0 Å². The second-order valence-electron chi connectivity index (χ2n) is 3.21. The van der Waals surface area contributed by atoms with Gasteiger partial charge in [-0.05, 0) is 6.92 Å². The van der Waals surface area contributed by atoms with E-state index in [-0.39, 0.29) is 0 Å². The number of nitrogens with one attached hydrogen (secondary N) is 1. The number of hydrogen-bond acceptors (Lipinski definition) is 2. The monoisotopic (exact) mass is 271 g/mol. The van der Waals surface area contributed by atoms with E-state index >= 15 is 0 Å². The lowest BCUT2D eigenvalue weighted by molar-refractivity contribution is -0.344. The normalized spacial score (nSPS) is 15.6. The van der Waals surface area contributed by atoms with Crippen molar-refractivity contribution in [3.63, 3.8) is 0 Å². The number of halogens is 7. The maximum Gasteiger partial charge on any atom is 0.460 e. The molecule has 0 aliphatic heterocycles. The first-order valence-electron chi connectivity index (χ1n) is 4.12. The zero-order chi connectivity index (χ0) is 14.1. The van der Waals surface area contributed by atoms with E-state index in [2.05, 4.69) is 0 Å². The van der Waals surface area contributed by atoms with Crippen LogP contribution in [0.3, 0.4) is 0 Å². The highest BCUT2D eigenvalue weighted by molar-refractivity contribution is 5.84. The van der Waals surface area contributed by atoms with E-state index in [0.717, 1.165) is 12.2 Å². The highest BCUT2D eigenvalue weighted by Crippen LogP contribution is 2.46. The molecule has 2 N–H and O–H groups in total. The number of rotatable bonds is 4. The molecule has 0 spiro atoms. The Morgan fingerprint density at radius 2 is 1.59 bits per heavy atom. The lowest BCUT2D eigenvalue weighted by atomic mass is 10.1. The molecule has 10 heteroatoms. The molecular formula is C7H8F7NO2. The minimum atomic E-state index is -6.56. The number of amides is 1. The molecule has 0 saturated carbocycles. The van der Waals surface area contributed by atoms with E-state index in [4.69, 9.17) is 5.11 Å². The third kappa shape index (κ3) is 3.20. The minimum Gasteiger partial charge on any atom is -0.392 e. The molecule has 1 atom stereocenters. The molecule has 0 heterocycles. The first-order chi connectivity index (χ1) is 7.34. The zero-order valence-corrected chi connectivity index (χ0v) is 8.29. The number of carbonyl (C=O) groups excluding carboxylic acids is 1. The Hall–Kier alpha value is -1.06. The van der Waals surface area contributed by atoms with Crippen molar-refractivity contribution < 1.29 is 40.6 Å². The first-order valence-corrected chi connectivity index (χ1v) is 4.12. The summed E-state index contributed by atoms with van der Waals surface area (Å²) in [5, 5.41) is 9.64. The second kappa shape index (κ2) is 4.67. The Balaban J connectivity index is 4.94. The first kappa shape index (κ1) is 15.9. The van der Waals surface area contributed by atoms with E-state index < -0.39 is 36.6 Å². The molecular weight excluding hydrogens is 263 g/mol. The van der Waals surface area contributed by atoms with Gasteiger partial charge in [0.2, 0.25) is 0 Å². The van der Waals surface area contributed by atoms with Gasteiger partial charge in [-0.1, -0.05) is 0 Å². The number of alkyl halides is 7. The highest BCUT2D eigenvalue weighted by Gasteiger charge is 2.76. The quantitative estimate of drug-likeness (QED) is 0.757. The summed E-state index contributed by atoms with van der Waals surface area (Å²) in [7, 11) is 0. The summed E-state index contributed by atoms with van der Waals surface area (Å²) in [5.74, 6) is -15.2. The number of carbonyl (C=O) groups is 1. The van der Waals surface area contributed by atoms with Crippen LogP contribution in [-0.2, 0) is 4.79 Å². The topological polar surface area (TPSA) is 49.3 Å². The van der Waals surface area contributed by atoms with E-state index in [9.17, 15) is 35.5 Å². The summed E-state index contributed by atoms with van der Waals surface area (Å²) in [6, 6.07) is 0. The van der Waals surface area contributed by atoms with Crippen LogP contribution in [0.15, 0.2) is 0 Å². The molecule has 0 aromatic rings.